The zero-order chi connectivity index (χ0) is 10.4. The van der Waals surface area contributed by atoms with Crippen LogP contribution in [0, 0.1) is 11.8 Å². The summed E-state index contributed by atoms with van der Waals surface area (Å²) < 4.78 is 0. The Bertz CT molecular complexity index is 254. The van der Waals surface area contributed by atoms with Gasteiger partial charge < -0.3 is 5.32 Å². The van der Waals surface area contributed by atoms with Gasteiger partial charge in [-0.15, -0.1) is 5.73 Å². The predicted molar refractivity (Wildman–Crippen MR) is 61.7 cm³/mol. The van der Waals surface area contributed by atoms with Gasteiger partial charge >= 0.3 is 0 Å². The van der Waals surface area contributed by atoms with Gasteiger partial charge in [0.1, 0.15) is 0 Å². The van der Waals surface area contributed by atoms with Crippen LogP contribution in [-0.4, -0.2) is 0 Å². The summed E-state index contributed by atoms with van der Waals surface area (Å²) in [7, 11) is 0. The second-order valence-electron chi connectivity index (χ2n) is 4.27. The Kier molecular flexibility index (Phi) is 4.55. The highest BCUT2D eigenvalue weighted by Gasteiger charge is 2.11. The van der Waals surface area contributed by atoms with E-state index in [-0.39, 0.29) is 0 Å². The van der Waals surface area contributed by atoms with Crippen LogP contribution in [0.15, 0.2) is 29.8 Å². The fourth-order valence-corrected chi connectivity index (χ4v) is 1.68. The molecule has 1 heterocycles. The van der Waals surface area contributed by atoms with Crippen LogP contribution in [0.4, 0.5) is 0 Å². The third-order valence-electron chi connectivity index (χ3n) is 2.85. The van der Waals surface area contributed by atoms with E-state index in [1.807, 2.05) is 6.20 Å². The van der Waals surface area contributed by atoms with E-state index in [0.29, 0.717) is 5.92 Å². The number of nitrogens with one attached hydrogen (secondary N) is 1. The van der Waals surface area contributed by atoms with E-state index < -0.39 is 0 Å². The zero-order valence-corrected chi connectivity index (χ0v) is 9.51. The zero-order valence-electron chi connectivity index (χ0n) is 9.51. The average molecular weight is 191 g/mol. The molecule has 0 spiro atoms. The van der Waals surface area contributed by atoms with Crippen LogP contribution in [-0.2, 0) is 0 Å². The Morgan fingerprint density at radius 1 is 1.57 bits per heavy atom. The molecule has 0 fully saturated rings. The van der Waals surface area contributed by atoms with Gasteiger partial charge in [-0.3, -0.25) is 0 Å². The Morgan fingerprint density at radius 3 is 3.00 bits per heavy atom. The van der Waals surface area contributed by atoms with Crippen LogP contribution in [0.1, 0.15) is 40.0 Å². The lowest BCUT2D eigenvalue weighted by atomic mass is 9.89. The SMILES string of the molecule is CCC1CC=C=CN/C=C(/C(C)C)C1. The molecule has 0 radical (unpaired) electrons. The largest absolute Gasteiger partial charge is 0.361 e. The molecule has 0 bridgehead atoms. The molecule has 0 saturated heterocycles. The summed E-state index contributed by atoms with van der Waals surface area (Å²) in [5, 5.41) is 3.17. The molecule has 1 nitrogen and oxygen atoms in total. The Labute approximate surface area is 87.6 Å². The van der Waals surface area contributed by atoms with Crippen LogP contribution in [0.5, 0.6) is 0 Å². The maximum Gasteiger partial charge on any atom is 0.0433 e. The summed E-state index contributed by atoms with van der Waals surface area (Å²) in [6.45, 7) is 6.79. The summed E-state index contributed by atoms with van der Waals surface area (Å²) in [6.07, 6.45) is 9.78. The van der Waals surface area contributed by atoms with Crippen molar-refractivity contribution < 1.29 is 0 Å². The van der Waals surface area contributed by atoms with Gasteiger partial charge in [-0.05, 0) is 30.8 Å². The number of hydrogen-bond acceptors (Lipinski definition) is 1. The van der Waals surface area contributed by atoms with E-state index in [1.54, 1.807) is 0 Å². The second kappa shape index (κ2) is 5.72. The molecule has 78 valence electrons. The summed E-state index contributed by atoms with van der Waals surface area (Å²) in [4.78, 5) is 0. The quantitative estimate of drug-likeness (QED) is 0.657. The van der Waals surface area contributed by atoms with Gasteiger partial charge in [0, 0.05) is 12.4 Å². The Morgan fingerprint density at radius 2 is 2.36 bits per heavy atom. The van der Waals surface area contributed by atoms with Gasteiger partial charge in [0.2, 0.25) is 0 Å². The first kappa shape index (κ1) is 11.1. The first-order chi connectivity index (χ1) is 6.74. The van der Waals surface area contributed by atoms with Crippen molar-refractivity contribution in [1.29, 1.82) is 0 Å². The van der Waals surface area contributed by atoms with Crippen molar-refractivity contribution in [2.24, 2.45) is 11.8 Å². The molecule has 1 atom stereocenters. The van der Waals surface area contributed by atoms with E-state index in [1.165, 1.54) is 18.4 Å². The second-order valence-corrected chi connectivity index (χ2v) is 4.27. The number of allylic oxidation sites excluding steroid dienone is 2. The fraction of sp³-hybridized carbons (Fsp3) is 0.615. The molecule has 0 amide bonds. The lowest BCUT2D eigenvalue weighted by molar-refractivity contribution is 0.488. The van der Waals surface area contributed by atoms with E-state index in [4.69, 9.17) is 0 Å². The maximum atomic E-state index is 3.17. The standard InChI is InChI=1S/C13H21N/c1-4-12-7-5-6-8-14-10-13(9-12)11(2)3/h5,8,10-12,14H,4,7,9H2,1-3H3/b13-10+. The molecule has 14 heavy (non-hydrogen) atoms. The summed E-state index contributed by atoms with van der Waals surface area (Å²) in [6, 6.07) is 0. The molecule has 1 heteroatoms. The van der Waals surface area contributed by atoms with Crippen molar-refractivity contribution in [3.05, 3.63) is 29.8 Å². The van der Waals surface area contributed by atoms with Gasteiger partial charge in [-0.1, -0.05) is 32.8 Å². The van der Waals surface area contributed by atoms with Crippen LogP contribution in [0.2, 0.25) is 0 Å². The molecule has 1 aliphatic rings. The molecule has 1 rings (SSSR count). The molecule has 1 unspecified atom stereocenters. The number of rotatable bonds is 2. The highest BCUT2D eigenvalue weighted by atomic mass is 14.8. The first-order valence-electron chi connectivity index (χ1n) is 5.58. The molecule has 0 aromatic heterocycles. The molecular formula is C13H21N. The van der Waals surface area contributed by atoms with Crippen molar-refractivity contribution in [3.8, 4) is 0 Å². The highest BCUT2D eigenvalue weighted by Crippen LogP contribution is 2.24. The smallest absolute Gasteiger partial charge is 0.0433 e. The topological polar surface area (TPSA) is 12.0 Å². The van der Waals surface area contributed by atoms with Gasteiger partial charge in [-0.25, -0.2) is 0 Å². The first-order valence-corrected chi connectivity index (χ1v) is 5.58. The van der Waals surface area contributed by atoms with E-state index >= 15 is 0 Å². The van der Waals surface area contributed by atoms with Gasteiger partial charge in [0.15, 0.2) is 0 Å². The lowest BCUT2D eigenvalue weighted by Gasteiger charge is -2.17. The van der Waals surface area contributed by atoms with Gasteiger partial charge in [0.25, 0.3) is 0 Å². The fourth-order valence-electron chi connectivity index (χ4n) is 1.68. The Balaban J connectivity index is 2.75. The van der Waals surface area contributed by atoms with Gasteiger partial charge in [-0.2, -0.15) is 0 Å². The van der Waals surface area contributed by atoms with Crippen LogP contribution in [0.3, 0.4) is 0 Å². The van der Waals surface area contributed by atoms with Crippen LogP contribution >= 0.6 is 0 Å². The monoisotopic (exact) mass is 191 g/mol. The third-order valence-corrected chi connectivity index (χ3v) is 2.85. The molecule has 1 N–H and O–H groups in total. The summed E-state index contributed by atoms with van der Waals surface area (Å²) in [5.74, 6) is 1.42. The molecule has 0 aromatic carbocycles. The predicted octanol–water partition coefficient (Wildman–Crippen LogP) is 3.60. The van der Waals surface area contributed by atoms with Gasteiger partial charge in [0.05, 0.1) is 0 Å². The van der Waals surface area contributed by atoms with E-state index in [9.17, 15) is 0 Å². The molecule has 0 aliphatic carbocycles. The summed E-state index contributed by atoms with van der Waals surface area (Å²) in [5.41, 5.74) is 4.66. The van der Waals surface area contributed by atoms with Crippen molar-refractivity contribution in [2.75, 3.05) is 0 Å². The van der Waals surface area contributed by atoms with Crippen LogP contribution in [0.25, 0.3) is 0 Å². The molecule has 0 aromatic rings. The molecule has 1 aliphatic heterocycles. The minimum Gasteiger partial charge on any atom is -0.361 e. The van der Waals surface area contributed by atoms with E-state index in [0.717, 1.165) is 12.3 Å². The van der Waals surface area contributed by atoms with E-state index in [2.05, 4.69) is 44.1 Å². The van der Waals surface area contributed by atoms with Crippen LogP contribution < -0.4 is 5.32 Å². The Hall–Kier alpha value is -0.940. The molecule has 0 saturated carbocycles. The maximum absolute atomic E-state index is 3.17. The summed E-state index contributed by atoms with van der Waals surface area (Å²) >= 11 is 0. The lowest BCUT2D eigenvalue weighted by Crippen LogP contribution is -2.06. The van der Waals surface area contributed by atoms with Crippen molar-refractivity contribution in [2.45, 2.75) is 40.0 Å². The van der Waals surface area contributed by atoms with Crippen molar-refractivity contribution >= 4 is 0 Å². The minimum absolute atomic E-state index is 0.642. The number of hydrogen-bond donors (Lipinski definition) is 1. The highest BCUT2D eigenvalue weighted by molar-refractivity contribution is 5.08. The van der Waals surface area contributed by atoms with Crippen molar-refractivity contribution in [1.82, 2.24) is 5.32 Å². The van der Waals surface area contributed by atoms with Crippen molar-refractivity contribution in [3.63, 3.8) is 0 Å². The normalized spacial score (nSPS) is 26.0. The minimum atomic E-state index is 0.642. The third kappa shape index (κ3) is 3.43. The molecular weight excluding hydrogens is 170 g/mol. The average Bonchev–Trinajstić information content (AvgIpc) is 2.28.